The molecule has 6 rings (SSSR count). The van der Waals surface area contributed by atoms with Crippen LogP contribution in [0.25, 0.3) is 32.7 Å². The van der Waals surface area contributed by atoms with Crippen molar-refractivity contribution in [1.82, 2.24) is 25.1 Å². The van der Waals surface area contributed by atoms with Gasteiger partial charge < -0.3 is 15.6 Å². The van der Waals surface area contributed by atoms with Gasteiger partial charge in [-0.1, -0.05) is 29.8 Å². The Balaban J connectivity index is 1.29. The number of nitrogens with zero attached hydrogens (tertiary/aromatic N) is 3. The number of hydrogen-bond acceptors (Lipinski definition) is 5. The van der Waals surface area contributed by atoms with E-state index in [2.05, 4.69) is 55.2 Å². The summed E-state index contributed by atoms with van der Waals surface area (Å²) in [6.07, 6.45) is 4.72. The zero-order chi connectivity index (χ0) is 22.2. The van der Waals surface area contributed by atoms with Gasteiger partial charge in [0.2, 0.25) is 5.95 Å². The minimum Gasteiger partial charge on any atom is -0.369 e. The summed E-state index contributed by atoms with van der Waals surface area (Å²) >= 11 is 6.27. The molecule has 6 aromatic rings. The van der Waals surface area contributed by atoms with Gasteiger partial charge in [-0.2, -0.15) is 10.1 Å². The predicted molar refractivity (Wildman–Crippen MR) is 134 cm³/mol. The maximum Gasteiger partial charge on any atom is 0.229 e. The molecule has 3 aromatic carbocycles. The van der Waals surface area contributed by atoms with Crippen molar-refractivity contribution in [2.45, 2.75) is 6.42 Å². The van der Waals surface area contributed by atoms with Crippen molar-refractivity contribution >= 4 is 61.8 Å². The average molecular weight is 454 g/mol. The van der Waals surface area contributed by atoms with Crippen molar-refractivity contribution in [1.29, 1.82) is 0 Å². The maximum atomic E-state index is 6.27. The Morgan fingerprint density at radius 2 is 1.85 bits per heavy atom. The van der Waals surface area contributed by atoms with Gasteiger partial charge >= 0.3 is 0 Å². The highest BCUT2D eigenvalue weighted by molar-refractivity contribution is 6.31. The molecule has 4 N–H and O–H groups in total. The second-order valence-corrected chi connectivity index (χ2v) is 8.33. The molecule has 0 aliphatic carbocycles. The highest BCUT2D eigenvalue weighted by Gasteiger charge is 2.10. The van der Waals surface area contributed by atoms with Gasteiger partial charge in [0, 0.05) is 45.1 Å². The molecule has 7 nitrogen and oxygen atoms in total. The van der Waals surface area contributed by atoms with Gasteiger partial charge in [-0.3, -0.25) is 5.10 Å². The third-order valence-corrected chi connectivity index (χ3v) is 5.95. The lowest BCUT2D eigenvalue weighted by molar-refractivity contribution is 1.01. The summed E-state index contributed by atoms with van der Waals surface area (Å²) in [6.45, 7) is 0.722. The fourth-order valence-electron chi connectivity index (χ4n) is 4.09. The normalized spacial score (nSPS) is 11.4. The minimum absolute atomic E-state index is 0.512. The monoisotopic (exact) mass is 453 g/mol. The molecule has 3 aromatic heterocycles. The topological polar surface area (TPSA) is 94.3 Å². The van der Waals surface area contributed by atoms with Crippen LogP contribution in [0.1, 0.15) is 5.56 Å². The van der Waals surface area contributed by atoms with Crippen LogP contribution in [-0.4, -0.2) is 31.7 Å². The number of aromatic nitrogens is 5. The van der Waals surface area contributed by atoms with Gasteiger partial charge in [0.25, 0.3) is 0 Å². The van der Waals surface area contributed by atoms with Crippen molar-refractivity contribution in [3.8, 4) is 0 Å². The molecule has 0 unspecified atom stereocenters. The molecule has 0 saturated heterocycles. The SMILES string of the molecule is Clc1ccc2nc(Nc3ccc4cn[nH]c4c3)nc(NCCc3c[nH]c4ccccc34)c2c1. The Hall–Kier alpha value is -4.10. The standard InChI is InChI=1S/C25H20ClN7/c26-17-6-8-22-20(11-17)24(27-10-9-15-13-28-21-4-2-1-3-19(15)21)32-25(31-22)30-18-7-5-16-14-29-33-23(16)12-18/h1-8,11-14,28H,9-10H2,(H,29,33)(H2,27,30,31,32). The number of halogens is 1. The Bertz CT molecular complexity index is 1600. The van der Waals surface area contributed by atoms with Crippen LogP contribution in [0.3, 0.4) is 0 Å². The van der Waals surface area contributed by atoms with E-state index in [9.17, 15) is 0 Å². The number of rotatable bonds is 6. The Kier molecular flexibility index (Phi) is 4.81. The summed E-state index contributed by atoms with van der Waals surface area (Å²) in [5.41, 5.74) is 5.05. The third kappa shape index (κ3) is 3.83. The first kappa shape index (κ1) is 19.6. The smallest absolute Gasteiger partial charge is 0.229 e. The highest BCUT2D eigenvalue weighted by atomic mass is 35.5. The van der Waals surface area contributed by atoms with E-state index in [1.807, 2.05) is 42.5 Å². The van der Waals surface area contributed by atoms with Crippen molar-refractivity contribution in [2.75, 3.05) is 17.2 Å². The van der Waals surface area contributed by atoms with E-state index >= 15 is 0 Å². The molecule has 0 bridgehead atoms. The van der Waals surface area contributed by atoms with Crippen molar-refractivity contribution < 1.29 is 0 Å². The largest absolute Gasteiger partial charge is 0.369 e. The number of nitrogens with one attached hydrogen (secondary N) is 4. The number of aromatic amines is 2. The average Bonchev–Trinajstić information content (AvgIpc) is 3.46. The fourth-order valence-corrected chi connectivity index (χ4v) is 4.26. The predicted octanol–water partition coefficient (Wildman–Crippen LogP) is 6.04. The van der Waals surface area contributed by atoms with Gasteiger partial charge in [-0.15, -0.1) is 0 Å². The number of benzene rings is 3. The molecule has 3 heterocycles. The lowest BCUT2D eigenvalue weighted by atomic mass is 10.1. The zero-order valence-corrected chi connectivity index (χ0v) is 18.3. The molecule has 0 radical (unpaired) electrons. The number of fused-ring (bicyclic) bond motifs is 3. The summed E-state index contributed by atoms with van der Waals surface area (Å²) in [7, 11) is 0. The highest BCUT2D eigenvalue weighted by Crippen LogP contribution is 2.27. The van der Waals surface area contributed by atoms with Crippen molar-refractivity contribution in [3.05, 3.63) is 83.6 Å². The lowest BCUT2D eigenvalue weighted by Gasteiger charge is -2.12. The van der Waals surface area contributed by atoms with E-state index in [0.717, 1.165) is 51.8 Å². The molecule has 0 fully saturated rings. The fraction of sp³-hybridized carbons (Fsp3) is 0.0800. The molecule has 33 heavy (non-hydrogen) atoms. The molecule has 0 saturated carbocycles. The number of para-hydroxylation sites is 1. The van der Waals surface area contributed by atoms with Crippen LogP contribution >= 0.6 is 11.6 Å². The summed E-state index contributed by atoms with van der Waals surface area (Å²) in [4.78, 5) is 12.8. The number of hydrogen-bond donors (Lipinski definition) is 4. The van der Waals surface area contributed by atoms with Gasteiger partial charge in [0.15, 0.2) is 0 Å². The van der Waals surface area contributed by atoms with Gasteiger partial charge in [-0.05, 0) is 54.4 Å². The Labute approximate surface area is 194 Å². The first-order valence-electron chi connectivity index (χ1n) is 10.7. The molecule has 0 aliphatic heterocycles. The maximum absolute atomic E-state index is 6.27. The van der Waals surface area contributed by atoms with Gasteiger partial charge in [0.1, 0.15) is 5.82 Å². The Morgan fingerprint density at radius 3 is 2.82 bits per heavy atom. The molecule has 0 spiro atoms. The zero-order valence-electron chi connectivity index (χ0n) is 17.6. The summed E-state index contributed by atoms with van der Waals surface area (Å²) < 4.78 is 0. The van der Waals surface area contributed by atoms with E-state index in [1.54, 1.807) is 6.20 Å². The summed E-state index contributed by atoms with van der Waals surface area (Å²) in [6, 6.07) is 19.9. The summed E-state index contributed by atoms with van der Waals surface area (Å²) in [5, 5.41) is 17.7. The van der Waals surface area contributed by atoms with Crippen LogP contribution in [0.2, 0.25) is 5.02 Å². The first-order valence-corrected chi connectivity index (χ1v) is 11.1. The lowest BCUT2D eigenvalue weighted by Crippen LogP contribution is -2.09. The molecule has 8 heteroatoms. The van der Waals surface area contributed by atoms with E-state index in [1.165, 1.54) is 10.9 Å². The van der Waals surface area contributed by atoms with Crippen LogP contribution in [-0.2, 0) is 6.42 Å². The molecule has 0 amide bonds. The van der Waals surface area contributed by atoms with Crippen LogP contribution < -0.4 is 10.6 Å². The van der Waals surface area contributed by atoms with E-state index in [-0.39, 0.29) is 0 Å². The van der Waals surface area contributed by atoms with Crippen LogP contribution in [0, 0.1) is 0 Å². The molecule has 0 aliphatic rings. The van der Waals surface area contributed by atoms with Crippen LogP contribution in [0.15, 0.2) is 73.1 Å². The molecule has 0 atom stereocenters. The summed E-state index contributed by atoms with van der Waals surface area (Å²) in [5.74, 6) is 1.26. The van der Waals surface area contributed by atoms with Crippen molar-refractivity contribution in [3.63, 3.8) is 0 Å². The molecular formula is C25H20ClN7. The van der Waals surface area contributed by atoms with E-state index in [0.29, 0.717) is 11.0 Å². The van der Waals surface area contributed by atoms with E-state index < -0.39 is 0 Å². The third-order valence-electron chi connectivity index (χ3n) is 5.72. The number of anilines is 3. The van der Waals surface area contributed by atoms with E-state index in [4.69, 9.17) is 16.6 Å². The van der Waals surface area contributed by atoms with Gasteiger partial charge in [-0.25, -0.2) is 4.98 Å². The molecular weight excluding hydrogens is 434 g/mol. The van der Waals surface area contributed by atoms with Crippen LogP contribution in [0.4, 0.5) is 17.5 Å². The second kappa shape index (κ2) is 8.11. The minimum atomic E-state index is 0.512. The quantitative estimate of drug-likeness (QED) is 0.246. The molecule has 162 valence electrons. The van der Waals surface area contributed by atoms with Gasteiger partial charge in [0.05, 0.1) is 17.2 Å². The first-order chi connectivity index (χ1) is 16.2. The number of H-pyrrole nitrogens is 2. The van der Waals surface area contributed by atoms with Crippen LogP contribution in [0.5, 0.6) is 0 Å². The second-order valence-electron chi connectivity index (χ2n) is 7.89. The van der Waals surface area contributed by atoms with Crippen molar-refractivity contribution in [2.24, 2.45) is 0 Å². The Morgan fingerprint density at radius 1 is 0.909 bits per heavy atom.